The van der Waals surface area contributed by atoms with Gasteiger partial charge in [-0.2, -0.15) is 5.10 Å². The van der Waals surface area contributed by atoms with E-state index >= 15 is 0 Å². The van der Waals surface area contributed by atoms with Crippen LogP contribution in [0.25, 0.3) is 16.7 Å². The number of anilines is 1. The number of amides is 1. The van der Waals surface area contributed by atoms with Crippen molar-refractivity contribution < 1.29 is 13.9 Å². The molecule has 1 amide bonds. The van der Waals surface area contributed by atoms with E-state index in [9.17, 15) is 9.59 Å². The number of carbonyl (C=O) groups is 1. The number of aromatic nitrogens is 2. The Morgan fingerprint density at radius 1 is 1.09 bits per heavy atom. The van der Waals surface area contributed by atoms with Crippen molar-refractivity contribution in [3.63, 3.8) is 0 Å². The maximum atomic E-state index is 12.6. The minimum Gasteiger partial charge on any atom is -0.484 e. The van der Waals surface area contributed by atoms with Crippen LogP contribution in [0, 0.1) is 20.8 Å². The molecule has 0 aliphatic rings. The summed E-state index contributed by atoms with van der Waals surface area (Å²) in [5, 5.41) is 8.31. The maximum absolute atomic E-state index is 12.6. The first-order valence-electron chi connectivity index (χ1n) is 10.5. The summed E-state index contributed by atoms with van der Waals surface area (Å²) < 4.78 is 12.7. The molecule has 2 aromatic heterocycles. The van der Waals surface area contributed by atoms with Gasteiger partial charge in [-0.05, 0) is 57.0 Å². The van der Waals surface area contributed by atoms with Crippen LogP contribution in [0.1, 0.15) is 29.4 Å². The molecule has 0 radical (unpaired) electrons. The third-order valence-electron chi connectivity index (χ3n) is 5.39. The summed E-state index contributed by atoms with van der Waals surface area (Å²) in [4.78, 5) is 24.3. The fraction of sp³-hybridized carbons (Fsp3) is 0.240. The van der Waals surface area contributed by atoms with Gasteiger partial charge < -0.3 is 14.5 Å². The molecule has 0 aliphatic heterocycles. The minimum absolute atomic E-state index is 0.183. The summed E-state index contributed by atoms with van der Waals surface area (Å²) in [6, 6.07) is 14.8. The van der Waals surface area contributed by atoms with Crippen LogP contribution in [0.2, 0.25) is 0 Å². The van der Waals surface area contributed by atoms with Crippen LogP contribution in [-0.4, -0.2) is 22.3 Å². The van der Waals surface area contributed by atoms with Gasteiger partial charge in [-0.3, -0.25) is 4.79 Å². The number of carbonyl (C=O) groups excluding carboxylic acids is 1. The molecule has 1 N–H and O–H groups in total. The average molecular weight is 431 g/mol. The number of hydrogen-bond acceptors (Lipinski definition) is 5. The lowest BCUT2D eigenvalue weighted by Crippen LogP contribution is -2.21. The first-order chi connectivity index (χ1) is 15.4. The van der Waals surface area contributed by atoms with Gasteiger partial charge in [0.25, 0.3) is 5.91 Å². The lowest BCUT2D eigenvalue weighted by atomic mass is 10.1. The van der Waals surface area contributed by atoms with E-state index < -0.39 is 5.63 Å². The Hall–Kier alpha value is -3.87. The number of nitrogens with zero attached hydrogens (tertiary/aromatic N) is 2. The Bertz CT molecular complexity index is 1350. The van der Waals surface area contributed by atoms with Crippen LogP contribution in [0.4, 0.5) is 5.69 Å². The Balaban J connectivity index is 1.48. The lowest BCUT2D eigenvalue weighted by Gasteiger charge is -2.10. The van der Waals surface area contributed by atoms with Crippen LogP contribution in [0.15, 0.2) is 57.7 Å². The highest BCUT2D eigenvalue weighted by Crippen LogP contribution is 2.25. The molecular formula is C25H25N3O4. The number of benzene rings is 2. The molecule has 0 spiro atoms. The van der Waals surface area contributed by atoms with Gasteiger partial charge >= 0.3 is 5.63 Å². The molecule has 2 aromatic carbocycles. The topological polar surface area (TPSA) is 86.4 Å². The summed E-state index contributed by atoms with van der Waals surface area (Å²) in [5.41, 5.74) is 5.26. The molecule has 0 saturated heterocycles. The zero-order valence-electron chi connectivity index (χ0n) is 18.6. The quantitative estimate of drug-likeness (QED) is 0.455. The summed E-state index contributed by atoms with van der Waals surface area (Å²) in [5.74, 6) is 0.149. The lowest BCUT2D eigenvalue weighted by molar-refractivity contribution is -0.118. The van der Waals surface area contributed by atoms with Gasteiger partial charge in [-0.15, -0.1) is 0 Å². The normalized spacial score (nSPS) is 11.0. The molecule has 0 fully saturated rings. The Morgan fingerprint density at radius 2 is 1.84 bits per heavy atom. The first kappa shape index (κ1) is 21.4. The van der Waals surface area contributed by atoms with Crippen molar-refractivity contribution in [3.05, 3.63) is 81.5 Å². The summed E-state index contributed by atoms with van der Waals surface area (Å²) in [6.45, 7) is 7.59. The third-order valence-corrected chi connectivity index (χ3v) is 5.39. The molecule has 7 nitrogen and oxygen atoms in total. The molecular weight excluding hydrogens is 406 g/mol. The van der Waals surface area contributed by atoms with Gasteiger partial charge in [-0.25, -0.2) is 9.48 Å². The standard InChI is InChI=1S/C25H25N3O4/c1-5-18-12-24(30)32-22-13-20(10-11-21(18)22)31-14-23(29)26-25-16(3)27-28(17(25)4)19-8-6-15(2)7-9-19/h6-13H,5,14H2,1-4H3,(H,26,29). The molecule has 32 heavy (non-hydrogen) atoms. The second-order valence-corrected chi connectivity index (χ2v) is 7.73. The van der Waals surface area contributed by atoms with E-state index in [4.69, 9.17) is 9.15 Å². The van der Waals surface area contributed by atoms with Crippen molar-refractivity contribution in [3.8, 4) is 11.4 Å². The van der Waals surface area contributed by atoms with Crippen molar-refractivity contribution in [2.75, 3.05) is 11.9 Å². The third kappa shape index (κ3) is 4.27. The van der Waals surface area contributed by atoms with Gasteiger partial charge in [-0.1, -0.05) is 24.6 Å². The van der Waals surface area contributed by atoms with Crippen molar-refractivity contribution in [1.82, 2.24) is 9.78 Å². The number of rotatable bonds is 6. The van der Waals surface area contributed by atoms with Crippen LogP contribution >= 0.6 is 0 Å². The van der Waals surface area contributed by atoms with Gasteiger partial charge in [0.15, 0.2) is 6.61 Å². The Kier molecular flexibility index (Phi) is 5.81. The molecule has 0 aliphatic carbocycles. The van der Waals surface area contributed by atoms with Crippen LogP contribution < -0.4 is 15.7 Å². The summed E-state index contributed by atoms with van der Waals surface area (Å²) in [7, 11) is 0. The number of hydrogen-bond donors (Lipinski definition) is 1. The molecule has 0 unspecified atom stereocenters. The molecule has 0 atom stereocenters. The van der Waals surface area contributed by atoms with Gasteiger partial charge in [0.05, 0.1) is 22.8 Å². The highest BCUT2D eigenvalue weighted by molar-refractivity contribution is 5.93. The van der Waals surface area contributed by atoms with E-state index in [0.717, 1.165) is 34.4 Å². The van der Waals surface area contributed by atoms with Crippen molar-refractivity contribution in [1.29, 1.82) is 0 Å². The van der Waals surface area contributed by atoms with Crippen molar-refractivity contribution in [2.24, 2.45) is 0 Å². The van der Waals surface area contributed by atoms with Crippen molar-refractivity contribution in [2.45, 2.75) is 34.1 Å². The van der Waals surface area contributed by atoms with E-state index in [1.807, 2.05) is 62.7 Å². The van der Waals surface area contributed by atoms with E-state index in [1.165, 1.54) is 11.6 Å². The van der Waals surface area contributed by atoms with Crippen LogP contribution in [0.5, 0.6) is 5.75 Å². The number of ether oxygens (including phenoxy) is 1. The molecule has 4 aromatic rings. The fourth-order valence-electron chi connectivity index (χ4n) is 3.68. The Labute approximate surface area is 185 Å². The SMILES string of the molecule is CCc1cc(=O)oc2cc(OCC(=O)Nc3c(C)nn(-c4ccc(C)cc4)c3C)ccc12. The highest BCUT2D eigenvalue weighted by atomic mass is 16.5. The Morgan fingerprint density at radius 3 is 2.56 bits per heavy atom. The summed E-state index contributed by atoms with van der Waals surface area (Å²) >= 11 is 0. The molecule has 164 valence electrons. The van der Waals surface area contributed by atoms with Crippen LogP contribution in [-0.2, 0) is 11.2 Å². The zero-order valence-corrected chi connectivity index (χ0v) is 18.6. The molecule has 2 heterocycles. The molecule has 0 bridgehead atoms. The fourth-order valence-corrected chi connectivity index (χ4v) is 3.68. The van der Waals surface area contributed by atoms with Gasteiger partial charge in [0.2, 0.25) is 0 Å². The summed E-state index contributed by atoms with van der Waals surface area (Å²) in [6.07, 6.45) is 0.722. The van der Waals surface area contributed by atoms with E-state index in [2.05, 4.69) is 10.4 Å². The van der Waals surface area contributed by atoms with E-state index in [-0.39, 0.29) is 12.5 Å². The predicted molar refractivity (Wildman–Crippen MR) is 124 cm³/mol. The largest absolute Gasteiger partial charge is 0.484 e. The molecule has 0 saturated carbocycles. The van der Waals surface area contributed by atoms with E-state index in [0.29, 0.717) is 17.0 Å². The van der Waals surface area contributed by atoms with Gasteiger partial charge in [0.1, 0.15) is 11.3 Å². The number of fused-ring (bicyclic) bond motifs is 1. The second kappa shape index (κ2) is 8.70. The van der Waals surface area contributed by atoms with Crippen molar-refractivity contribution >= 4 is 22.6 Å². The maximum Gasteiger partial charge on any atom is 0.336 e. The number of nitrogens with one attached hydrogen (secondary N) is 1. The second-order valence-electron chi connectivity index (χ2n) is 7.73. The van der Waals surface area contributed by atoms with E-state index in [1.54, 1.807) is 12.1 Å². The monoisotopic (exact) mass is 431 g/mol. The van der Waals surface area contributed by atoms with Gasteiger partial charge in [0, 0.05) is 17.5 Å². The number of aryl methyl sites for hydroxylation is 3. The highest BCUT2D eigenvalue weighted by Gasteiger charge is 2.16. The van der Waals surface area contributed by atoms with Crippen LogP contribution in [0.3, 0.4) is 0 Å². The first-order valence-corrected chi connectivity index (χ1v) is 10.5. The smallest absolute Gasteiger partial charge is 0.336 e. The average Bonchev–Trinajstić information content (AvgIpc) is 3.05. The zero-order chi connectivity index (χ0) is 22.8. The molecule has 7 heteroatoms. The predicted octanol–water partition coefficient (Wildman–Crippen LogP) is 4.48. The molecule has 4 rings (SSSR count). The minimum atomic E-state index is -0.402.